The monoisotopic (exact) mass is 403 g/mol. The van der Waals surface area contributed by atoms with Gasteiger partial charge in [-0.25, -0.2) is 12.1 Å². The van der Waals surface area contributed by atoms with E-state index in [-0.39, 0.29) is 27.6 Å². The molecule has 1 radical (unpaired) electrons. The number of carbonyl (C=O) groups excluding carboxylic acids is 1. The van der Waals surface area contributed by atoms with Gasteiger partial charge in [0.05, 0.1) is 17.4 Å². The standard InChI is InChI=1S/C16H28N2O2.C5H5.Co/c1-13(2,3)10-11(14(4,5)6)18-16(17-10,12(19)20)15(7,8)9;1-2-4-5-3-1;/h1-9H3,(H,19,20);1-5H;/q;-1;+2/p-1. The number of carboxylic acids is 1. The van der Waals surface area contributed by atoms with E-state index in [1.54, 1.807) is 0 Å². The third-order valence-electron chi connectivity index (χ3n) is 4.08. The zero-order chi connectivity index (χ0) is 19.7. The van der Waals surface area contributed by atoms with E-state index in [1.165, 1.54) is 0 Å². The van der Waals surface area contributed by atoms with Gasteiger partial charge in [-0.15, -0.1) is 0 Å². The minimum Gasteiger partial charge on any atom is -0.545 e. The van der Waals surface area contributed by atoms with Crippen molar-refractivity contribution in [3.05, 3.63) is 30.3 Å². The van der Waals surface area contributed by atoms with Crippen LogP contribution in [0, 0.1) is 16.2 Å². The van der Waals surface area contributed by atoms with Crippen LogP contribution in [0.1, 0.15) is 62.3 Å². The molecule has 0 saturated heterocycles. The maximum Gasteiger partial charge on any atom is 2.00 e. The summed E-state index contributed by atoms with van der Waals surface area (Å²) >= 11 is 0. The maximum absolute atomic E-state index is 11.8. The first-order valence-electron chi connectivity index (χ1n) is 8.72. The number of carbonyl (C=O) groups is 1. The van der Waals surface area contributed by atoms with E-state index in [9.17, 15) is 9.90 Å². The van der Waals surface area contributed by atoms with E-state index >= 15 is 0 Å². The smallest absolute Gasteiger partial charge is 0.545 e. The van der Waals surface area contributed by atoms with E-state index in [0.717, 1.165) is 11.4 Å². The van der Waals surface area contributed by atoms with Gasteiger partial charge < -0.3 is 9.90 Å². The predicted molar refractivity (Wildman–Crippen MR) is 103 cm³/mol. The van der Waals surface area contributed by atoms with Crippen LogP contribution in [0.5, 0.6) is 0 Å². The van der Waals surface area contributed by atoms with Crippen LogP contribution < -0.4 is 5.11 Å². The Morgan fingerprint density at radius 1 is 0.885 bits per heavy atom. The van der Waals surface area contributed by atoms with Crippen molar-refractivity contribution in [1.29, 1.82) is 0 Å². The molecule has 0 saturated carbocycles. The van der Waals surface area contributed by atoms with E-state index < -0.39 is 17.0 Å². The first-order valence-corrected chi connectivity index (χ1v) is 8.72. The van der Waals surface area contributed by atoms with Gasteiger partial charge >= 0.3 is 16.8 Å². The fraction of sp³-hybridized carbons (Fsp3) is 0.619. The molecule has 0 N–H and O–H groups in total. The zero-order valence-electron chi connectivity index (χ0n) is 17.4. The summed E-state index contributed by atoms with van der Waals surface area (Å²) in [6.07, 6.45) is 0. The van der Waals surface area contributed by atoms with E-state index in [1.807, 2.05) is 92.6 Å². The molecule has 0 atom stereocenters. The fourth-order valence-electron chi connectivity index (χ4n) is 2.55. The van der Waals surface area contributed by atoms with Crippen LogP contribution in [-0.4, -0.2) is 23.1 Å². The van der Waals surface area contributed by atoms with E-state index in [2.05, 4.69) is 9.98 Å². The Hall–Kier alpha value is -1.33. The van der Waals surface area contributed by atoms with Crippen LogP contribution >= 0.6 is 0 Å². The summed E-state index contributed by atoms with van der Waals surface area (Å²) < 4.78 is 0. The molecule has 1 aromatic rings. The SMILES string of the molecule is CC(C)(C)C1=NC(C(=O)[O-])(C(C)(C)C)N=C1C(C)(C)C.[Co+2].c1cc[cH-]c1. The second-order valence-electron chi connectivity index (χ2n) is 9.59. The molecule has 0 unspecified atom stereocenters. The van der Waals surface area contributed by atoms with Crippen molar-refractivity contribution in [3.8, 4) is 0 Å². The van der Waals surface area contributed by atoms with Gasteiger partial charge in [-0.3, -0.25) is 9.98 Å². The van der Waals surface area contributed by atoms with Crippen molar-refractivity contribution in [2.45, 2.75) is 68.0 Å². The minimum atomic E-state index is -1.53. The van der Waals surface area contributed by atoms with Crippen LogP contribution in [0.2, 0.25) is 0 Å². The van der Waals surface area contributed by atoms with Gasteiger partial charge in [0.15, 0.2) is 5.66 Å². The van der Waals surface area contributed by atoms with Gasteiger partial charge in [-0.1, -0.05) is 62.3 Å². The number of nitrogens with zero attached hydrogens (tertiary/aromatic N) is 2. The summed E-state index contributed by atoms with van der Waals surface area (Å²) in [7, 11) is 0. The van der Waals surface area contributed by atoms with Gasteiger partial charge in [0, 0.05) is 16.2 Å². The van der Waals surface area contributed by atoms with Crippen molar-refractivity contribution < 1.29 is 26.7 Å². The van der Waals surface area contributed by atoms with Crippen LogP contribution in [0.15, 0.2) is 40.3 Å². The number of aliphatic imine (C=N–C) groups is 2. The Balaban J connectivity index is 0.000000893. The molecule has 26 heavy (non-hydrogen) atoms. The third-order valence-corrected chi connectivity index (χ3v) is 4.08. The molecule has 1 aromatic carbocycles. The van der Waals surface area contributed by atoms with Crippen molar-refractivity contribution in [2.75, 3.05) is 0 Å². The van der Waals surface area contributed by atoms with Crippen molar-refractivity contribution in [1.82, 2.24) is 0 Å². The third kappa shape index (κ3) is 5.33. The molecule has 5 heteroatoms. The predicted octanol–water partition coefficient (Wildman–Crippen LogP) is 3.87. The average molecular weight is 403 g/mol. The molecule has 0 aliphatic carbocycles. The zero-order valence-corrected chi connectivity index (χ0v) is 18.5. The molecule has 147 valence electrons. The normalized spacial score (nSPS) is 16.7. The quantitative estimate of drug-likeness (QED) is 0.668. The number of rotatable bonds is 1. The molecule has 4 nitrogen and oxygen atoms in total. The Bertz CT molecular complexity index is 604. The summed E-state index contributed by atoms with van der Waals surface area (Å²) in [5.41, 5.74) is -1.15. The van der Waals surface area contributed by atoms with Gasteiger partial charge in [0.1, 0.15) is 0 Å². The summed E-state index contributed by atoms with van der Waals surface area (Å²) in [6.45, 7) is 17.7. The summed E-state index contributed by atoms with van der Waals surface area (Å²) in [5, 5.41) is 11.8. The van der Waals surface area contributed by atoms with Crippen molar-refractivity contribution in [3.63, 3.8) is 0 Å². The molecule has 2 rings (SSSR count). The first-order chi connectivity index (χ1) is 11.1. The molecular weight excluding hydrogens is 371 g/mol. The summed E-state index contributed by atoms with van der Waals surface area (Å²) in [6, 6.07) is 10.0. The number of aliphatic carboxylic acids is 1. The summed E-state index contributed by atoms with van der Waals surface area (Å²) in [5.74, 6) is -1.23. The second-order valence-corrected chi connectivity index (χ2v) is 9.59. The molecule has 1 aliphatic rings. The van der Waals surface area contributed by atoms with Crippen LogP contribution in [0.3, 0.4) is 0 Å². The summed E-state index contributed by atoms with van der Waals surface area (Å²) in [4.78, 5) is 20.9. The molecule has 0 fully saturated rings. The Labute approximate surface area is 168 Å². The molecule has 0 aromatic heterocycles. The number of carboxylic acid groups (broad SMARTS) is 1. The largest absolute Gasteiger partial charge is 2.00 e. The molecule has 0 spiro atoms. The Morgan fingerprint density at radius 3 is 1.38 bits per heavy atom. The van der Waals surface area contributed by atoms with Crippen LogP contribution in [0.4, 0.5) is 0 Å². The maximum atomic E-state index is 11.8. The fourth-order valence-corrected chi connectivity index (χ4v) is 2.55. The minimum absolute atomic E-state index is 0. The Kier molecular flexibility index (Phi) is 7.72. The molecule has 1 aliphatic heterocycles. The van der Waals surface area contributed by atoms with Crippen LogP contribution in [0.25, 0.3) is 0 Å². The van der Waals surface area contributed by atoms with Crippen molar-refractivity contribution >= 4 is 17.4 Å². The van der Waals surface area contributed by atoms with Gasteiger partial charge in [0.25, 0.3) is 0 Å². The second kappa shape index (κ2) is 8.13. The molecule has 0 amide bonds. The molecular formula is C21H32CoN2O2. The first kappa shape index (κ1) is 24.7. The van der Waals surface area contributed by atoms with E-state index in [0.29, 0.717) is 0 Å². The van der Waals surface area contributed by atoms with Gasteiger partial charge in [-0.2, -0.15) is 18.2 Å². The van der Waals surface area contributed by atoms with E-state index in [4.69, 9.17) is 0 Å². The van der Waals surface area contributed by atoms with Crippen molar-refractivity contribution in [2.24, 2.45) is 26.2 Å². The topological polar surface area (TPSA) is 64.8 Å². The molecule has 1 heterocycles. The van der Waals surface area contributed by atoms with Gasteiger partial charge in [0.2, 0.25) is 0 Å². The average Bonchev–Trinajstić information content (AvgIpc) is 3.08. The molecule has 0 bridgehead atoms. The number of hydrogen-bond donors (Lipinski definition) is 0. The number of hydrogen-bond acceptors (Lipinski definition) is 4. The van der Waals surface area contributed by atoms with Crippen LogP contribution in [-0.2, 0) is 21.6 Å². The van der Waals surface area contributed by atoms with Gasteiger partial charge in [-0.05, 0) is 0 Å². The Morgan fingerprint density at radius 2 is 1.23 bits per heavy atom.